The minimum Gasteiger partial charge on any atom is -0.253 e. The maximum absolute atomic E-state index is 11.6. The van der Waals surface area contributed by atoms with Gasteiger partial charge in [0.15, 0.2) is 0 Å². The van der Waals surface area contributed by atoms with E-state index in [0.717, 1.165) is 0 Å². The molecule has 1 rings (SSSR count). The van der Waals surface area contributed by atoms with Gasteiger partial charge in [-0.25, -0.2) is 0 Å². The highest BCUT2D eigenvalue weighted by Crippen LogP contribution is 2.26. The number of halogens is 3. The molecule has 7 heteroatoms. The molecule has 0 amide bonds. The van der Waals surface area contributed by atoms with Gasteiger partial charge in [-0.2, -0.15) is 8.42 Å². The fourth-order valence-electron chi connectivity index (χ4n) is 0.867. The third-order valence-electron chi connectivity index (χ3n) is 1.52. The van der Waals surface area contributed by atoms with E-state index in [4.69, 9.17) is 23.2 Å². The van der Waals surface area contributed by atoms with Gasteiger partial charge in [0.1, 0.15) is 11.5 Å². The molecule has 16 heavy (non-hydrogen) atoms. The molecule has 0 aliphatic heterocycles. The lowest BCUT2D eigenvalue weighted by Crippen LogP contribution is -2.07. The lowest BCUT2D eigenvalue weighted by molar-refractivity contribution is 0.363. The summed E-state index contributed by atoms with van der Waals surface area (Å²) in [5.74, 6) is 2.47. The molecule has 0 spiro atoms. The summed E-state index contributed by atoms with van der Waals surface area (Å²) in [6.45, 7) is -0.214. The molecular formula is C9H5Cl2IO3S. The van der Waals surface area contributed by atoms with Crippen molar-refractivity contribution in [3.8, 4) is 9.85 Å². The third-order valence-corrected chi connectivity index (χ3v) is 3.88. The highest BCUT2D eigenvalue weighted by molar-refractivity contribution is 14.1. The fraction of sp³-hybridized carbons (Fsp3) is 0.111. The number of hydrogen-bond donors (Lipinski definition) is 0. The Morgan fingerprint density at radius 1 is 1.38 bits per heavy atom. The maximum atomic E-state index is 11.6. The van der Waals surface area contributed by atoms with E-state index in [2.05, 4.69) is 14.0 Å². The van der Waals surface area contributed by atoms with Crippen molar-refractivity contribution in [3.05, 3.63) is 28.2 Å². The van der Waals surface area contributed by atoms with E-state index in [0.29, 0.717) is 0 Å². The Kier molecular flexibility index (Phi) is 5.34. The van der Waals surface area contributed by atoms with Gasteiger partial charge in [0.05, 0.1) is 5.02 Å². The zero-order chi connectivity index (χ0) is 12.2. The smallest absolute Gasteiger partial charge is 0.253 e. The van der Waals surface area contributed by atoms with Crippen molar-refractivity contribution in [2.24, 2.45) is 0 Å². The van der Waals surface area contributed by atoms with Crippen LogP contribution in [0.25, 0.3) is 0 Å². The van der Waals surface area contributed by atoms with Crippen LogP contribution >= 0.6 is 45.8 Å². The summed E-state index contributed by atoms with van der Waals surface area (Å²) in [6.07, 6.45) is 0. The second-order valence-corrected chi connectivity index (χ2v) is 5.53. The SMILES string of the molecule is O=S(=O)(OCC#CI)c1cc(Cl)ccc1Cl. The van der Waals surface area contributed by atoms with Gasteiger partial charge < -0.3 is 0 Å². The number of rotatable bonds is 3. The Balaban J connectivity index is 3.05. The Morgan fingerprint density at radius 2 is 2.06 bits per heavy atom. The molecule has 0 radical (unpaired) electrons. The van der Waals surface area contributed by atoms with Crippen LogP contribution in [0.15, 0.2) is 23.1 Å². The van der Waals surface area contributed by atoms with Crippen LogP contribution in [-0.2, 0) is 14.3 Å². The third kappa shape index (κ3) is 3.79. The van der Waals surface area contributed by atoms with E-state index < -0.39 is 10.1 Å². The largest absolute Gasteiger partial charge is 0.299 e. The molecule has 0 fully saturated rings. The number of hydrogen-bond acceptors (Lipinski definition) is 3. The van der Waals surface area contributed by atoms with Crippen LogP contribution in [0.1, 0.15) is 0 Å². The summed E-state index contributed by atoms with van der Waals surface area (Å²) >= 11 is 13.2. The van der Waals surface area contributed by atoms with Crippen LogP contribution in [-0.4, -0.2) is 15.0 Å². The zero-order valence-electron chi connectivity index (χ0n) is 7.71. The first kappa shape index (κ1) is 14.1. The predicted octanol–water partition coefficient (Wildman–Crippen LogP) is 3.09. The Labute approximate surface area is 117 Å². The Morgan fingerprint density at radius 3 is 2.69 bits per heavy atom. The fourth-order valence-corrected chi connectivity index (χ4v) is 2.58. The normalized spacial score (nSPS) is 10.7. The highest BCUT2D eigenvalue weighted by atomic mass is 127. The molecule has 0 unspecified atom stereocenters. The summed E-state index contributed by atoms with van der Waals surface area (Å²) < 4.78 is 30.4. The molecule has 86 valence electrons. The summed E-state index contributed by atoms with van der Waals surface area (Å²) in [7, 11) is -3.91. The van der Waals surface area contributed by atoms with Crippen molar-refractivity contribution in [3.63, 3.8) is 0 Å². The second-order valence-electron chi connectivity index (χ2n) is 2.56. The van der Waals surface area contributed by atoms with E-state index in [1.807, 2.05) is 0 Å². The molecule has 1 aromatic rings. The van der Waals surface area contributed by atoms with Crippen LogP contribution < -0.4 is 0 Å². The van der Waals surface area contributed by atoms with Crippen molar-refractivity contribution < 1.29 is 12.6 Å². The molecule has 0 atom stereocenters. The van der Waals surface area contributed by atoms with Crippen molar-refractivity contribution >= 4 is 55.9 Å². The molecule has 0 saturated heterocycles. The minimum atomic E-state index is -3.91. The minimum absolute atomic E-state index is 0.0619. The van der Waals surface area contributed by atoms with Gasteiger partial charge in [-0.3, -0.25) is 4.18 Å². The van der Waals surface area contributed by atoms with E-state index in [1.54, 1.807) is 22.6 Å². The van der Waals surface area contributed by atoms with Crippen LogP contribution in [0.3, 0.4) is 0 Å². The standard InChI is InChI=1S/C9H5Cl2IO3S/c10-7-2-3-8(11)9(6-7)16(13,14)15-5-1-4-12/h2-3,6H,5H2. The van der Waals surface area contributed by atoms with Gasteiger partial charge in [-0.1, -0.05) is 29.1 Å². The molecule has 0 saturated carbocycles. The van der Waals surface area contributed by atoms with Gasteiger partial charge in [0.25, 0.3) is 10.1 Å². The molecular weight excluding hydrogens is 386 g/mol. The topological polar surface area (TPSA) is 43.4 Å². The average molecular weight is 391 g/mol. The van der Waals surface area contributed by atoms with Crippen molar-refractivity contribution in [2.75, 3.05) is 6.61 Å². The summed E-state index contributed by atoms with van der Waals surface area (Å²) in [5.41, 5.74) is 0. The second kappa shape index (κ2) is 6.07. The average Bonchev–Trinajstić information content (AvgIpc) is 2.22. The monoisotopic (exact) mass is 390 g/mol. The molecule has 0 aliphatic rings. The lowest BCUT2D eigenvalue weighted by atomic mass is 10.4. The van der Waals surface area contributed by atoms with Crippen LogP contribution in [0.2, 0.25) is 10.0 Å². The van der Waals surface area contributed by atoms with Crippen molar-refractivity contribution in [1.29, 1.82) is 0 Å². The van der Waals surface area contributed by atoms with Gasteiger partial charge in [0, 0.05) is 27.6 Å². The van der Waals surface area contributed by atoms with Crippen molar-refractivity contribution in [2.45, 2.75) is 4.90 Å². The molecule has 0 aliphatic carbocycles. The Bertz CT molecular complexity index is 546. The zero-order valence-corrected chi connectivity index (χ0v) is 12.2. The molecule has 0 N–H and O–H groups in total. The van der Waals surface area contributed by atoms with Crippen LogP contribution in [0.5, 0.6) is 0 Å². The quantitative estimate of drug-likeness (QED) is 0.452. The van der Waals surface area contributed by atoms with E-state index in [-0.39, 0.29) is 21.5 Å². The van der Waals surface area contributed by atoms with Gasteiger partial charge in [0.2, 0.25) is 0 Å². The molecule has 1 aromatic carbocycles. The Hall–Kier alpha value is -0.000000000000000111. The van der Waals surface area contributed by atoms with Gasteiger partial charge >= 0.3 is 0 Å². The van der Waals surface area contributed by atoms with Crippen molar-refractivity contribution in [1.82, 2.24) is 0 Å². The van der Waals surface area contributed by atoms with Gasteiger partial charge in [-0.05, 0) is 22.1 Å². The molecule has 0 bridgehead atoms. The van der Waals surface area contributed by atoms with E-state index in [9.17, 15) is 8.42 Å². The predicted molar refractivity (Wildman–Crippen MR) is 71.4 cm³/mol. The summed E-state index contributed by atoms with van der Waals surface area (Å²) in [6, 6.07) is 4.12. The molecule has 3 nitrogen and oxygen atoms in total. The summed E-state index contributed by atoms with van der Waals surface area (Å²) in [4.78, 5) is -0.156. The first-order valence-electron chi connectivity index (χ1n) is 3.90. The molecule has 0 heterocycles. The maximum Gasteiger partial charge on any atom is 0.299 e. The van der Waals surface area contributed by atoms with Crippen LogP contribution in [0, 0.1) is 9.85 Å². The summed E-state index contributed by atoms with van der Waals surface area (Å²) in [5, 5.41) is 0.332. The highest BCUT2D eigenvalue weighted by Gasteiger charge is 2.18. The van der Waals surface area contributed by atoms with Gasteiger partial charge in [-0.15, -0.1) is 0 Å². The number of benzene rings is 1. The first-order chi connectivity index (χ1) is 7.47. The lowest BCUT2D eigenvalue weighted by Gasteiger charge is -2.05. The van der Waals surface area contributed by atoms with Crippen LogP contribution in [0.4, 0.5) is 0 Å². The van der Waals surface area contributed by atoms with E-state index >= 15 is 0 Å². The first-order valence-corrected chi connectivity index (χ1v) is 7.14. The van der Waals surface area contributed by atoms with E-state index in [1.165, 1.54) is 18.2 Å². The molecule has 0 aromatic heterocycles.